The Kier molecular flexibility index (Phi) is 2.56. The molecule has 0 aliphatic carbocycles. The van der Waals surface area contributed by atoms with E-state index in [0.29, 0.717) is 6.04 Å². The van der Waals surface area contributed by atoms with Crippen LogP contribution in [0.15, 0.2) is 4.40 Å². The van der Waals surface area contributed by atoms with Crippen LogP contribution in [0.2, 0.25) is 0 Å². The first-order valence-corrected chi connectivity index (χ1v) is 5.54. The van der Waals surface area contributed by atoms with Crippen molar-refractivity contribution in [2.45, 2.75) is 19.4 Å². The molecule has 12 heavy (non-hydrogen) atoms. The normalized spacial score (nSPS) is 29.6. The van der Waals surface area contributed by atoms with E-state index in [1.165, 1.54) is 12.4 Å². The summed E-state index contributed by atoms with van der Waals surface area (Å²) >= 11 is 1.71. The number of hydrogen-bond donors (Lipinski definition) is 1. The van der Waals surface area contributed by atoms with Crippen molar-refractivity contribution in [1.29, 1.82) is 0 Å². The summed E-state index contributed by atoms with van der Waals surface area (Å²) in [5.41, 5.74) is 0. The second kappa shape index (κ2) is 3.66. The Morgan fingerprint density at radius 2 is 2.58 bits per heavy atom. The molecule has 1 unspecified atom stereocenters. The molecule has 0 aromatic carbocycles. The highest BCUT2D eigenvalue weighted by Crippen LogP contribution is 2.17. The molecule has 0 bridgehead atoms. The molecule has 2 rings (SSSR count). The van der Waals surface area contributed by atoms with Crippen LogP contribution in [0.25, 0.3) is 0 Å². The van der Waals surface area contributed by atoms with Gasteiger partial charge in [-0.15, -0.1) is 0 Å². The van der Waals surface area contributed by atoms with Crippen molar-refractivity contribution in [1.82, 2.24) is 10.2 Å². The van der Waals surface area contributed by atoms with E-state index in [4.69, 9.17) is 0 Å². The summed E-state index contributed by atoms with van der Waals surface area (Å²) in [6.45, 7) is 5.64. The Morgan fingerprint density at radius 3 is 3.42 bits per heavy atom. The van der Waals surface area contributed by atoms with E-state index in [2.05, 4.69) is 21.5 Å². The predicted octanol–water partition coefficient (Wildman–Crippen LogP) is 0.730. The van der Waals surface area contributed by atoms with Gasteiger partial charge < -0.3 is 10.2 Å². The third-order valence-corrected chi connectivity index (χ3v) is 3.11. The van der Waals surface area contributed by atoms with Crippen LogP contribution in [0, 0.1) is 0 Å². The molecular weight excluding hydrogens is 170 g/mol. The summed E-state index contributed by atoms with van der Waals surface area (Å²) in [6, 6.07) is 0.506. The highest BCUT2D eigenvalue weighted by molar-refractivity contribution is 7.98. The van der Waals surface area contributed by atoms with Gasteiger partial charge >= 0.3 is 0 Å². The van der Waals surface area contributed by atoms with Crippen molar-refractivity contribution in [3.8, 4) is 0 Å². The van der Waals surface area contributed by atoms with Gasteiger partial charge in [0.15, 0.2) is 0 Å². The van der Waals surface area contributed by atoms with Gasteiger partial charge in [-0.3, -0.25) is 0 Å². The van der Waals surface area contributed by atoms with Crippen molar-refractivity contribution in [3.05, 3.63) is 0 Å². The molecule has 2 aliphatic rings. The van der Waals surface area contributed by atoms with Crippen molar-refractivity contribution in [3.63, 3.8) is 0 Å². The van der Waals surface area contributed by atoms with Crippen molar-refractivity contribution in [2.75, 3.05) is 25.4 Å². The Morgan fingerprint density at radius 1 is 1.67 bits per heavy atom. The fraction of sp³-hybridized carbons (Fsp3) is 0.875. The first-order valence-electron chi connectivity index (χ1n) is 4.60. The number of fused-ring (bicyclic) bond motifs is 1. The molecule has 0 radical (unpaired) electrons. The standard InChI is InChI=1S/C8H15N3S/c1-2-7-8-10-12-6-5-11(8)4-3-9-7/h7,9H,2-6H2,1H3. The van der Waals surface area contributed by atoms with Crippen LogP contribution < -0.4 is 5.32 Å². The maximum atomic E-state index is 4.50. The number of rotatable bonds is 1. The lowest BCUT2D eigenvalue weighted by Crippen LogP contribution is -2.56. The molecule has 2 heterocycles. The van der Waals surface area contributed by atoms with Gasteiger partial charge in [0.2, 0.25) is 0 Å². The van der Waals surface area contributed by atoms with Gasteiger partial charge in [-0.2, -0.15) is 0 Å². The number of nitrogens with one attached hydrogen (secondary N) is 1. The van der Waals surface area contributed by atoms with Crippen molar-refractivity contribution >= 4 is 17.8 Å². The fourth-order valence-corrected chi connectivity index (χ4v) is 2.51. The first-order chi connectivity index (χ1) is 5.92. The number of amidine groups is 1. The van der Waals surface area contributed by atoms with Crippen molar-refractivity contribution in [2.24, 2.45) is 4.40 Å². The molecule has 0 aromatic heterocycles. The topological polar surface area (TPSA) is 27.6 Å². The summed E-state index contributed by atoms with van der Waals surface area (Å²) in [5, 5.41) is 3.48. The zero-order valence-electron chi connectivity index (χ0n) is 7.42. The summed E-state index contributed by atoms with van der Waals surface area (Å²) in [5.74, 6) is 2.43. The minimum Gasteiger partial charge on any atom is -0.356 e. The Bertz CT molecular complexity index is 193. The minimum absolute atomic E-state index is 0.506. The van der Waals surface area contributed by atoms with E-state index in [1.807, 2.05) is 0 Å². The lowest BCUT2D eigenvalue weighted by molar-refractivity contribution is 0.359. The Labute approximate surface area is 77.7 Å². The summed E-state index contributed by atoms with van der Waals surface area (Å²) < 4.78 is 4.50. The minimum atomic E-state index is 0.506. The molecule has 0 aromatic rings. The zero-order valence-corrected chi connectivity index (χ0v) is 8.23. The average molecular weight is 185 g/mol. The average Bonchev–Trinajstić information content (AvgIpc) is 2.17. The highest BCUT2D eigenvalue weighted by Gasteiger charge is 2.26. The van der Waals surface area contributed by atoms with Gasteiger partial charge in [-0.1, -0.05) is 6.92 Å². The molecule has 68 valence electrons. The monoisotopic (exact) mass is 185 g/mol. The molecule has 1 fully saturated rings. The first kappa shape index (κ1) is 8.38. The fourth-order valence-electron chi connectivity index (χ4n) is 1.74. The molecule has 1 N–H and O–H groups in total. The largest absolute Gasteiger partial charge is 0.356 e. The summed E-state index contributed by atoms with van der Waals surface area (Å²) in [4.78, 5) is 2.42. The van der Waals surface area contributed by atoms with E-state index >= 15 is 0 Å². The van der Waals surface area contributed by atoms with E-state index < -0.39 is 0 Å². The van der Waals surface area contributed by atoms with Crippen LogP contribution in [0.5, 0.6) is 0 Å². The molecule has 0 saturated carbocycles. The molecule has 1 atom stereocenters. The van der Waals surface area contributed by atoms with E-state index in [9.17, 15) is 0 Å². The lowest BCUT2D eigenvalue weighted by Gasteiger charge is -2.37. The van der Waals surface area contributed by atoms with E-state index in [0.717, 1.165) is 25.3 Å². The van der Waals surface area contributed by atoms with Crippen LogP contribution in [0.4, 0.5) is 0 Å². The van der Waals surface area contributed by atoms with Gasteiger partial charge in [0.25, 0.3) is 0 Å². The molecule has 2 aliphatic heterocycles. The van der Waals surface area contributed by atoms with Crippen molar-refractivity contribution < 1.29 is 0 Å². The van der Waals surface area contributed by atoms with Crippen LogP contribution in [0.3, 0.4) is 0 Å². The van der Waals surface area contributed by atoms with E-state index in [1.54, 1.807) is 11.9 Å². The molecule has 4 heteroatoms. The van der Waals surface area contributed by atoms with Gasteiger partial charge in [-0.05, 0) is 18.4 Å². The molecule has 1 saturated heterocycles. The van der Waals surface area contributed by atoms with Crippen LogP contribution in [0.1, 0.15) is 13.3 Å². The maximum absolute atomic E-state index is 4.50. The SMILES string of the molecule is CCC1NCCN2CCSN=C12. The predicted molar refractivity (Wildman–Crippen MR) is 53.5 cm³/mol. The summed E-state index contributed by atoms with van der Waals surface area (Å²) in [6.07, 6.45) is 1.15. The third kappa shape index (κ3) is 1.45. The van der Waals surface area contributed by atoms with Crippen LogP contribution in [-0.4, -0.2) is 42.2 Å². The van der Waals surface area contributed by atoms with Gasteiger partial charge in [0, 0.05) is 25.4 Å². The molecule has 0 spiro atoms. The quantitative estimate of drug-likeness (QED) is 0.610. The maximum Gasteiger partial charge on any atom is 0.130 e. The van der Waals surface area contributed by atoms with E-state index in [-0.39, 0.29) is 0 Å². The molecular formula is C8H15N3S. The number of piperazine rings is 1. The van der Waals surface area contributed by atoms with Crippen LogP contribution >= 0.6 is 11.9 Å². The number of nitrogens with zero attached hydrogens (tertiary/aromatic N) is 2. The third-order valence-electron chi connectivity index (χ3n) is 2.43. The second-order valence-electron chi connectivity index (χ2n) is 3.18. The Balaban J connectivity index is 2.12. The van der Waals surface area contributed by atoms with Gasteiger partial charge in [-0.25, -0.2) is 4.40 Å². The van der Waals surface area contributed by atoms with Gasteiger partial charge in [0.05, 0.1) is 6.04 Å². The van der Waals surface area contributed by atoms with Gasteiger partial charge in [0.1, 0.15) is 5.84 Å². The highest BCUT2D eigenvalue weighted by atomic mass is 32.2. The van der Waals surface area contributed by atoms with Crippen LogP contribution in [-0.2, 0) is 0 Å². The number of hydrogen-bond acceptors (Lipinski definition) is 4. The molecule has 0 amide bonds. The smallest absolute Gasteiger partial charge is 0.130 e. The second-order valence-corrected chi connectivity index (χ2v) is 4.03. The lowest BCUT2D eigenvalue weighted by atomic mass is 10.1. The molecule has 3 nitrogen and oxygen atoms in total. The summed E-state index contributed by atoms with van der Waals surface area (Å²) in [7, 11) is 0. The zero-order chi connectivity index (χ0) is 8.39. The Hall–Kier alpha value is -0.220.